The Morgan fingerprint density at radius 2 is 2.16 bits per heavy atom. The Kier molecular flexibility index (Phi) is 4.95. The van der Waals surface area contributed by atoms with Gasteiger partial charge in [0.1, 0.15) is 5.75 Å². The van der Waals surface area contributed by atoms with Crippen molar-refractivity contribution >= 4 is 5.91 Å². The van der Waals surface area contributed by atoms with Gasteiger partial charge in [0, 0.05) is 31.6 Å². The number of carbonyl (C=O) groups is 1. The molecular weight excluding hydrogens is 314 g/mol. The molecule has 0 aromatic heterocycles. The summed E-state index contributed by atoms with van der Waals surface area (Å²) in [6, 6.07) is 6.88. The molecule has 1 aromatic carbocycles. The first kappa shape index (κ1) is 16.9. The number of fused-ring (bicyclic) bond motifs is 2. The first-order valence-corrected chi connectivity index (χ1v) is 9.80. The molecule has 0 bridgehead atoms. The monoisotopic (exact) mass is 343 g/mol. The maximum atomic E-state index is 13.0. The molecule has 0 saturated carbocycles. The number of benzene rings is 1. The van der Waals surface area contributed by atoms with Gasteiger partial charge in [-0.3, -0.25) is 15.6 Å². The van der Waals surface area contributed by atoms with Crippen molar-refractivity contribution in [3.8, 4) is 5.75 Å². The molecule has 0 spiro atoms. The lowest BCUT2D eigenvalue weighted by Crippen LogP contribution is -2.51. The Morgan fingerprint density at radius 3 is 3.00 bits per heavy atom. The second-order valence-corrected chi connectivity index (χ2v) is 7.62. The van der Waals surface area contributed by atoms with Crippen LogP contribution in [-0.4, -0.2) is 42.6 Å². The molecule has 5 heteroatoms. The zero-order valence-electron chi connectivity index (χ0n) is 15.1. The summed E-state index contributed by atoms with van der Waals surface area (Å²) in [6.07, 6.45) is 6.18. The number of hydrazine groups is 1. The lowest BCUT2D eigenvalue weighted by molar-refractivity contribution is -0.140. The van der Waals surface area contributed by atoms with Gasteiger partial charge < -0.3 is 9.64 Å². The average Bonchev–Trinajstić information content (AvgIpc) is 3.13. The quantitative estimate of drug-likeness (QED) is 0.879. The highest BCUT2D eigenvalue weighted by Crippen LogP contribution is 2.27. The van der Waals surface area contributed by atoms with Crippen LogP contribution in [0.3, 0.4) is 0 Å². The van der Waals surface area contributed by atoms with Crippen LogP contribution in [0, 0.1) is 5.92 Å². The predicted molar refractivity (Wildman–Crippen MR) is 97.4 cm³/mol. The fourth-order valence-corrected chi connectivity index (χ4v) is 4.41. The number of nitrogens with zero attached hydrogens (tertiary/aromatic N) is 1. The normalized spacial score (nSPS) is 26.7. The van der Waals surface area contributed by atoms with Gasteiger partial charge in [-0.25, -0.2) is 0 Å². The predicted octanol–water partition coefficient (Wildman–Crippen LogP) is 2.05. The molecule has 2 aliphatic heterocycles. The van der Waals surface area contributed by atoms with Crippen molar-refractivity contribution in [2.24, 2.45) is 5.92 Å². The van der Waals surface area contributed by atoms with Crippen LogP contribution in [0.2, 0.25) is 0 Å². The van der Waals surface area contributed by atoms with E-state index in [2.05, 4.69) is 23.0 Å². The second kappa shape index (κ2) is 7.34. The van der Waals surface area contributed by atoms with Gasteiger partial charge in [0.15, 0.2) is 6.10 Å². The van der Waals surface area contributed by atoms with Crippen LogP contribution >= 0.6 is 0 Å². The lowest BCUT2D eigenvalue weighted by Gasteiger charge is -2.36. The molecule has 3 aliphatic rings. The van der Waals surface area contributed by atoms with Crippen molar-refractivity contribution in [2.75, 3.05) is 19.6 Å². The van der Waals surface area contributed by atoms with Gasteiger partial charge in [0.05, 0.1) is 0 Å². The molecule has 3 unspecified atom stereocenters. The number of rotatable bonds is 4. The number of nitrogens with one attached hydrogen (secondary N) is 2. The highest BCUT2D eigenvalue weighted by atomic mass is 16.5. The number of hydrogen-bond donors (Lipinski definition) is 2. The van der Waals surface area contributed by atoms with Crippen LogP contribution in [0.1, 0.15) is 43.7 Å². The van der Waals surface area contributed by atoms with Crippen LogP contribution in [0.5, 0.6) is 5.75 Å². The minimum Gasteiger partial charge on any atom is -0.481 e. The Balaban J connectivity index is 1.42. The lowest BCUT2D eigenvalue weighted by atomic mass is 9.92. The fraction of sp³-hybridized carbons (Fsp3) is 0.650. The third kappa shape index (κ3) is 3.53. The van der Waals surface area contributed by atoms with E-state index < -0.39 is 0 Å². The summed E-state index contributed by atoms with van der Waals surface area (Å²) in [5, 5.41) is 0. The summed E-state index contributed by atoms with van der Waals surface area (Å²) < 4.78 is 6.13. The van der Waals surface area contributed by atoms with Gasteiger partial charge in [0.2, 0.25) is 0 Å². The first-order valence-electron chi connectivity index (χ1n) is 9.80. The van der Waals surface area contributed by atoms with Crippen LogP contribution in [0.15, 0.2) is 18.2 Å². The first-order chi connectivity index (χ1) is 12.2. The van der Waals surface area contributed by atoms with E-state index in [4.69, 9.17) is 4.74 Å². The van der Waals surface area contributed by atoms with Crippen LogP contribution < -0.4 is 15.6 Å². The Labute approximate surface area is 150 Å². The molecule has 25 heavy (non-hydrogen) atoms. The molecule has 2 fully saturated rings. The largest absolute Gasteiger partial charge is 0.481 e. The summed E-state index contributed by atoms with van der Waals surface area (Å²) in [5.74, 6) is 1.50. The van der Waals surface area contributed by atoms with Gasteiger partial charge >= 0.3 is 0 Å². The minimum atomic E-state index is -0.375. The summed E-state index contributed by atoms with van der Waals surface area (Å²) >= 11 is 0. The second-order valence-electron chi connectivity index (χ2n) is 7.62. The number of aryl methyl sites for hydroxylation is 2. The molecule has 136 valence electrons. The summed E-state index contributed by atoms with van der Waals surface area (Å²) in [6.45, 7) is 4.62. The van der Waals surface area contributed by atoms with Crippen molar-refractivity contribution in [2.45, 2.75) is 57.6 Å². The topological polar surface area (TPSA) is 53.6 Å². The molecule has 1 aliphatic carbocycles. The van der Waals surface area contributed by atoms with Crippen molar-refractivity contribution in [3.63, 3.8) is 0 Å². The number of ether oxygens (including phenoxy) is 1. The van der Waals surface area contributed by atoms with Crippen LogP contribution in [0.25, 0.3) is 0 Å². The molecule has 1 aromatic rings. The van der Waals surface area contributed by atoms with Crippen LogP contribution in [0.4, 0.5) is 0 Å². The van der Waals surface area contributed by atoms with E-state index in [1.807, 2.05) is 17.9 Å². The zero-order valence-corrected chi connectivity index (χ0v) is 15.1. The minimum absolute atomic E-state index is 0.144. The number of carbonyl (C=O) groups excluding carboxylic acids is 1. The van der Waals surface area contributed by atoms with E-state index in [1.54, 1.807) is 0 Å². The fourth-order valence-electron chi connectivity index (χ4n) is 4.41. The number of amides is 1. The van der Waals surface area contributed by atoms with E-state index in [0.29, 0.717) is 18.4 Å². The third-order valence-electron chi connectivity index (χ3n) is 5.94. The van der Waals surface area contributed by atoms with Gasteiger partial charge in [-0.15, -0.1) is 0 Å². The Bertz CT molecular complexity index is 633. The summed E-state index contributed by atoms with van der Waals surface area (Å²) in [5.41, 5.74) is 9.37. The number of hydrogen-bond acceptors (Lipinski definition) is 4. The number of piperidine rings is 1. The molecular formula is C20H29N3O2. The Hall–Kier alpha value is -1.59. The van der Waals surface area contributed by atoms with Gasteiger partial charge in [-0.05, 0) is 61.8 Å². The molecule has 2 saturated heterocycles. The van der Waals surface area contributed by atoms with E-state index >= 15 is 0 Å². The molecule has 1 amide bonds. The van der Waals surface area contributed by atoms with Crippen LogP contribution in [-0.2, 0) is 17.6 Å². The van der Waals surface area contributed by atoms with E-state index in [0.717, 1.165) is 38.2 Å². The molecule has 3 atom stereocenters. The smallest absolute Gasteiger partial charge is 0.263 e. The molecule has 4 rings (SSSR count). The molecule has 5 nitrogen and oxygen atoms in total. The summed E-state index contributed by atoms with van der Waals surface area (Å²) in [7, 11) is 0. The maximum absolute atomic E-state index is 13.0. The average molecular weight is 343 g/mol. The highest BCUT2D eigenvalue weighted by molar-refractivity contribution is 5.81. The van der Waals surface area contributed by atoms with Gasteiger partial charge in [-0.1, -0.05) is 13.0 Å². The van der Waals surface area contributed by atoms with Crippen molar-refractivity contribution in [1.82, 2.24) is 15.8 Å². The maximum Gasteiger partial charge on any atom is 0.263 e. The third-order valence-corrected chi connectivity index (χ3v) is 5.94. The highest BCUT2D eigenvalue weighted by Gasteiger charge is 2.36. The Morgan fingerprint density at radius 1 is 1.32 bits per heavy atom. The summed E-state index contributed by atoms with van der Waals surface area (Å²) in [4.78, 5) is 15.0. The molecule has 0 radical (unpaired) electrons. The van der Waals surface area contributed by atoms with Gasteiger partial charge in [-0.2, -0.15) is 0 Å². The van der Waals surface area contributed by atoms with E-state index in [-0.39, 0.29) is 12.0 Å². The van der Waals surface area contributed by atoms with E-state index in [9.17, 15) is 4.79 Å². The zero-order chi connectivity index (χ0) is 17.2. The van der Waals surface area contributed by atoms with Crippen molar-refractivity contribution in [3.05, 3.63) is 29.3 Å². The SMILES string of the molecule is CCC(Oc1ccc2c(c1)CCCC2)C(=O)N1CCC2NNCC2C1. The van der Waals surface area contributed by atoms with E-state index in [1.165, 1.54) is 30.4 Å². The standard InChI is InChI=1S/C20H29N3O2/c1-2-19(20(24)23-10-9-18-16(13-23)12-21-22-18)25-17-8-7-14-5-3-4-6-15(14)11-17/h7-8,11,16,18-19,21-22H,2-6,9-10,12-13H2,1H3. The van der Waals surface area contributed by atoms with Gasteiger partial charge in [0.25, 0.3) is 5.91 Å². The number of likely N-dealkylation sites (tertiary alicyclic amines) is 1. The van der Waals surface area contributed by atoms with Crippen molar-refractivity contribution < 1.29 is 9.53 Å². The van der Waals surface area contributed by atoms with Crippen molar-refractivity contribution in [1.29, 1.82) is 0 Å². The molecule has 2 heterocycles. The molecule has 2 N–H and O–H groups in total.